The Bertz CT molecular complexity index is 627. The van der Waals surface area contributed by atoms with Crippen LogP contribution in [0.1, 0.15) is 64.1 Å². The molecule has 7 nitrogen and oxygen atoms in total. The molecule has 2 rings (SSSR count). The zero-order valence-electron chi connectivity index (χ0n) is 15.4. The van der Waals surface area contributed by atoms with Gasteiger partial charge in [0.05, 0.1) is 17.8 Å². The third-order valence-electron chi connectivity index (χ3n) is 3.61. The van der Waals surface area contributed by atoms with Gasteiger partial charge in [0.25, 0.3) is 0 Å². The van der Waals surface area contributed by atoms with E-state index in [9.17, 15) is 14.7 Å². The quantitative estimate of drug-likeness (QED) is 0.714. The third kappa shape index (κ3) is 6.28. The largest absolute Gasteiger partial charge is 0.444 e. The first-order valence-electron chi connectivity index (χ1n) is 8.39. The van der Waals surface area contributed by atoms with E-state index in [1.54, 1.807) is 20.8 Å². The summed E-state index contributed by atoms with van der Waals surface area (Å²) in [6, 6.07) is -1.13. The number of carbonyl (C=O) groups excluding carboxylic acids is 2. The molecule has 0 saturated heterocycles. The number of hydrogen-bond acceptors (Lipinski definition) is 6. The van der Waals surface area contributed by atoms with Gasteiger partial charge in [-0.25, -0.2) is 9.78 Å². The van der Waals surface area contributed by atoms with Crippen molar-refractivity contribution < 1.29 is 19.4 Å². The summed E-state index contributed by atoms with van der Waals surface area (Å²) in [4.78, 5) is 28.9. The van der Waals surface area contributed by atoms with Crippen LogP contribution >= 0.6 is 11.3 Å². The van der Waals surface area contributed by atoms with Crippen molar-refractivity contribution in [1.29, 1.82) is 0 Å². The second kappa shape index (κ2) is 7.29. The number of aliphatic hydroxyl groups is 1. The Balaban J connectivity index is 1.93. The average Bonchev–Trinajstić information content (AvgIpc) is 3.18. The molecule has 1 atom stereocenters. The predicted octanol–water partition coefficient (Wildman–Crippen LogP) is 2.30. The molecule has 1 aliphatic rings. The van der Waals surface area contributed by atoms with Crippen molar-refractivity contribution in [1.82, 2.24) is 15.6 Å². The van der Waals surface area contributed by atoms with Crippen molar-refractivity contribution in [2.24, 2.45) is 0 Å². The van der Waals surface area contributed by atoms with Crippen LogP contribution in [0.15, 0.2) is 5.38 Å². The summed E-state index contributed by atoms with van der Waals surface area (Å²) in [5.41, 5.74) is -1.05. The first kappa shape index (κ1) is 19.7. The van der Waals surface area contributed by atoms with Crippen LogP contribution in [0.25, 0.3) is 0 Å². The van der Waals surface area contributed by atoms with Crippen LogP contribution in [-0.4, -0.2) is 39.3 Å². The first-order chi connectivity index (χ1) is 11.5. The maximum atomic E-state index is 12.5. The van der Waals surface area contributed by atoms with Gasteiger partial charge in [-0.05, 0) is 47.5 Å². The average molecular weight is 369 g/mol. The Labute approximate surface area is 152 Å². The summed E-state index contributed by atoms with van der Waals surface area (Å²) in [6.45, 7) is 8.37. The van der Waals surface area contributed by atoms with E-state index in [1.165, 1.54) is 38.0 Å². The number of alkyl carbamates (subject to hydrolysis) is 1. The number of ether oxygens (including phenoxy) is 1. The molecule has 0 unspecified atom stereocenters. The van der Waals surface area contributed by atoms with Crippen molar-refractivity contribution in [2.75, 3.05) is 0 Å². The van der Waals surface area contributed by atoms with Gasteiger partial charge in [-0.1, -0.05) is 0 Å². The smallest absolute Gasteiger partial charge is 0.408 e. The summed E-state index contributed by atoms with van der Waals surface area (Å²) in [7, 11) is 0. The van der Waals surface area contributed by atoms with Crippen LogP contribution in [-0.2, 0) is 16.1 Å². The number of rotatable bonds is 6. The number of amides is 2. The third-order valence-corrected chi connectivity index (χ3v) is 4.48. The number of nitrogens with zero attached hydrogens (tertiary/aromatic N) is 1. The van der Waals surface area contributed by atoms with Crippen LogP contribution in [0.3, 0.4) is 0 Å². The molecule has 1 heterocycles. The number of nitrogens with one attached hydrogen (secondary N) is 2. The van der Waals surface area contributed by atoms with E-state index < -0.39 is 29.2 Å². The van der Waals surface area contributed by atoms with Crippen molar-refractivity contribution >= 4 is 23.3 Å². The van der Waals surface area contributed by atoms with E-state index in [2.05, 4.69) is 15.6 Å². The molecule has 1 aromatic rings. The molecule has 1 saturated carbocycles. The van der Waals surface area contributed by atoms with Gasteiger partial charge in [0.15, 0.2) is 0 Å². The molecule has 1 aromatic heterocycles. The highest BCUT2D eigenvalue weighted by Crippen LogP contribution is 2.40. The number of thiazole rings is 1. The zero-order chi connectivity index (χ0) is 18.8. The Kier molecular flexibility index (Phi) is 5.73. The van der Waals surface area contributed by atoms with Crippen LogP contribution < -0.4 is 10.6 Å². The van der Waals surface area contributed by atoms with Crippen LogP contribution in [0.5, 0.6) is 0 Å². The lowest BCUT2D eigenvalue weighted by Gasteiger charge is -2.30. The molecule has 0 aliphatic heterocycles. The highest BCUT2D eigenvalue weighted by atomic mass is 32.1. The second-order valence-electron chi connectivity index (χ2n) is 7.89. The first-order valence-corrected chi connectivity index (χ1v) is 9.27. The maximum Gasteiger partial charge on any atom is 0.408 e. The van der Waals surface area contributed by atoms with Crippen molar-refractivity contribution in [3.8, 4) is 0 Å². The van der Waals surface area contributed by atoms with Gasteiger partial charge in [-0.2, -0.15) is 0 Å². The lowest BCUT2D eigenvalue weighted by Crippen LogP contribution is -2.58. The Morgan fingerprint density at radius 2 is 2.00 bits per heavy atom. The molecular weight excluding hydrogens is 342 g/mol. The Morgan fingerprint density at radius 1 is 1.36 bits per heavy atom. The zero-order valence-corrected chi connectivity index (χ0v) is 16.2. The molecule has 0 aromatic carbocycles. The minimum Gasteiger partial charge on any atom is -0.444 e. The van der Waals surface area contributed by atoms with E-state index in [0.717, 1.165) is 10.7 Å². The molecule has 25 heavy (non-hydrogen) atoms. The number of aromatic nitrogens is 1. The number of hydrogen-bond donors (Lipinski definition) is 3. The fraction of sp³-hybridized carbons (Fsp3) is 0.706. The molecular formula is C17H27N3O4S. The highest BCUT2D eigenvalue weighted by Gasteiger charge is 2.36. The highest BCUT2D eigenvalue weighted by molar-refractivity contribution is 7.09. The minimum atomic E-state index is -1.44. The Hall–Kier alpha value is -1.67. The van der Waals surface area contributed by atoms with Gasteiger partial charge in [0, 0.05) is 11.3 Å². The maximum absolute atomic E-state index is 12.5. The fourth-order valence-corrected chi connectivity index (χ4v) is 3.04. The molecule has 0 radical (unpaired) electrons. The van der Waals surface area contributed by atoms with E-state index >= 15 is 0 Å². The van der Waals surface area contributed by atoms with Crippen LogP contribution in [0.2, 0.25) is 0 Å². The van der Waals surface area contributed by atoms with Gasteiger partial charge in [-0.15, -0.1) is 11.3 Å². The molecule has 2 amide bonds. The molecule has 1 aliphatic carbocycles. The van der Waals surface area contributed by atoms with Crippen molar-refractivity contribution in [3.63, 3.8) is 0 Å². The van der Waals surface area contributed by atoms with E-state index in [-0.39, 0.29) is 6.54 Å². The van der Waals surface area contributed by atoms with Gasteiger partial charge in [-0.3, -0.25) is 4.79 Å². The molecule has 0 spiro atoms. The molecule has 8 heteroatoms. The van der Waals surface area contributed by atoms with E-state index in [1.807, 2.05) is 5.38 Å². The van der Waals surface area contributed by atoms with Crippen LogP contribution in [0, 0.1) is 0 Å². The molecule has 140 valence electrons. The topological polar surface area (TPSA) is 101 Å². The standard InChI is InChI=1S/C17H27N3O4S/c1-16(2,3)24-15(22)20-13(17(4,5)23)14(21)18-8-12-19-11(9-25-12)10-6-7-10/h9-10,13,23H,6-8H2,1-5H3,(H,18,21)(H,20,22)/t13-/m1/s1. The summed E-state index contributed by atoms with van der Waals surface area (Å²) in [5, 5.41) is 18.2. The normalized spacial score (nSPS) is 16.2. The fourth-order valence-electron chi connectivity index (χ4n) is 2.23. The summed E-state index contributed by atoms with van der Waals surface area (Å²) < 4.78 is 5.16. The van der Waals surface area contributed by atoms with E-state index in [4.69, 9.17) is 4.74 Å². The second-order valence-corrected chi connectivity index (χ2v) is 8.83. The Morgan fingerprint density at radius 3 is 2.52 bits per heavy atom. The summed E-state index contributed by atoms with van der Waals surface area (Å²) in [5.74, 6) is 0.0835. The van der Waals surface area contributed by atoms with Gasteiger partial charge in [0.2, 0.25) is 5.91 Å². The SMILES string of the molecule is CC(C)(C)OC(=O)N[C@H](C(=O)NCc1nc(C2CC2)cs1)C(C)(C)O. The molecule has 0 bridgehead atoms. The summed E-state index contributed by atoms with van der Waals surface area (Å²) in [6.07, 6.45) is 1.60. The van der Waals surface area contributed by atoms with E-state index in [0.29, 0.717) is 5.92 Å². The van der Waals surface area contributed by atoms with Gasteiger partial charge >= 0.3 is 6.09 Å². The monoisotopic (exact) mass is 369 g/mol. The van der Waals surface area contributed by atoms with Crippen molar-refractivity contribution in [3.05, 3.63) is 16.1 Å². The lowest BCUT2D eigenvalue weighted by atomic mass is 9.98. The lowest BCUT2D eigenvalue weighted by molar-refractivity contribution is -0.129. The van der Waals surface area contributed by atoms with Gasteiger partial charge in [0.1, 0.15) is 16.7 Å². The van der Waals surface area contributed by atoms with Crippen molar-refractivity contribution in [2.45, 2.75) is 77.2 Å². The minimum absolute atomic E-state index is 0.263. The molecule has 3 N–H and O–H groups in total. The molecule has 1 fully saturated rings. The number of carbonyl (C=O) groups is 2. The van der Waals surface area contributed by atoms with Crippen LogP contribution in [0.4, 0.5) is 4.79 Å². The predicted molar refractivity (Wildman–Crippen MR) is 95.4 cm³/mol. The summed E-state index contributed by atoms with van der Waals surface area (Å²) >= 11 is 1.50. The van der Waals surface area contributed by atoms with Gasteiger partial charge < -0.3 is 20.5 Å².